The van der Waals surface area contributed by atoms with E-state index in [2.05, 4.69) is 29.4 Å². The van der Waals surface area contributed by atoms with Gasteiger partial charge in [0.1, 0.15) is 0 Å². The molecule has 7 fully saturated rings. The molecule has 6 heteroatoms. The van der Waals surface area contributed by atoms with Crippen molar-refractivity contribution >= 4 is 0 Å². The van der Waals surface area contributed by atoms with Crippen LogP contribution in [0.25, 0.3) is 0 Å². The minimum Gasteiger partial charge on any atom is -0.300 e. The Morgan fingerprint density at radius 2 is 0.500 bits per heavy atom. The smallest absolute Gasteiger partial charge is 0.0555 e. The van der Waals surface area contributed by atoms with Crippen molar-refractivity contribution in [3.63, 3.8) is 0 Å². The summed E-state index contributed by atoms with van der Waals surface area (Å²) in [7, 11) is 0. The molecule has 0 unspecified atom stereocenters. The fraction of sp³-hybridized carbons (Fsp3) is 1.00. The third-order valence-electron chi connectivity index (χ3n) is 4.60. The summed E-state index contributed by atoms with van der Waals surface area (Å²) < 4.78 is 0. The van der Waals surface area contributed by atoms with Gasteiger partial charge in [-0.25, -0.2) is 0 Å². The van der Waals surface area contributed by atoms with E-state index in [0.717, 1.165) is 0 Å². The highest BCUT2D eigenvalue weighted by Gasteiger charge is 2.36. The van der Waals surface area contributed by atoms with Gasteiger partial charge < -0.3 is 0 Å². The first kappa shape index (κ1) is 11.6. The molecule has 7 rings (SSSR count). The highest BCUT2D eigenvalue weighted by molar-refractivity contribution is 4.80. The molecule has 18 heavy (non-hydrogen) atoms. The van der Waals surface area contributed by atoms with Crippen LogP contribution in [0.3, 0.4) is 0 Å². The normalized spacial score (nSPS) is 52.0. The summed E-state index contributed by atoms with van der Waals surface area (Å²) in [6, 6.07) is 0. The maximum atomic E-state index is 2.54. The van der Waals surface area contributed by atoms with Gasteiger partial charge >= 0.3 is 0 Å². The Morgan fingerprint density at radius 1 is 0.278 bits per heavy atom. The number of rotatable bonds is 0. The number of nitrogens with zero attached hydrogens (tertiary/aromatic N) is 6. The maximum Gasteiger partial charge on any atom is 0.0555 e. The van der Waals surface area contributed by atoms with E-state index in [1.165, 1.54) is 79.3 Å². The Balaban J connectivity index is 0.000000101. The van der Waals surface area contributed by atoms with Crippen LogP contribution < -0.4 is 0 Å². The van der Waals surface area contributed by atoms with Crippen LogP contribution in [0.4, 0.5) is 0 Å². The van der Waals surface area contributed by atoms with Crippen LogP contribution in [0.1, 0.15) is 0 Å². The van der Waals surface area contributed by atoms with Gasteiger partial charge in [-0.3, -0.25) is 29.4 Å². The molecule has 7 aliphatic heterocycles. The lowest BCUT2D eigenvalue weighted by molar-refractivity contribution is -0.194. The van der Waals surface area contributed by atoms with Gasteiger partial charge in [0.05, 0.1) is 40.0 Å². The zero-order valence-electron chi connectivity index (χ0n) is 11.2. The van der Waals surface area contributed by atoms with Crippen molar-refractivity contribution in [2.45, 2.75) is 0 Å². The molecule has 6 nitrogen and oxygen atoms in total. The van der Waals surface area contributed by atoms with E-state index >= 15 is 0 Å². The number of piperazine rings is 3. The summed E-state index contributed by atoms with van der Waals surface area (Å²) in [6.07, 6.45) is 0. The second kappa shape index (κ2) is 4.70. The summed E-state index contributed by atoms with van der Waals surface area (Å²) in [6.45, 7) is 15.0. The van der Waals surface area contributed by atoms with E-state index in [-0.39, 0.29) is 0 Å². The summed E-state index contributed by atoms with van der Waals surface area (Å²) in [5.74, 6) is 0. The molecule has 6 bridgehead atoms. The van der Waals surface area contributed by atoms with Gasteiger partial charge in [-0.05, 0) is 0 Å². The van der Waals surface area contributed by atoms with Gasteiger partial charge in [-0.1, -0.05) is 0 Å². The maximum absolute atomic E-state index is 2.54. The fourth-order valence-electron chi connectivity index (χ4n) is 3.75. The molecule has 0 aromatic carbocycles. The van der Waals surface area contributed by atoms with E-state index < -0.39 is 0 Å². The van der Waals surface area contributed by atoms with E-state index in [1.807, 2.05) is 0 Å². The Labute approximate surface area is 109 Å². The van der Waals surface area contributed by atoms with Gasteiger partial charge in [0, 0.05) is 39.3 Å². The van der Waals surface area contributed by atoms with E-state index in [1.54, 1.807) is 0 Å². The first-order chi connectivity index (χ1) is 8.85. The van der Waals surface area contributed by atoms with Crippen LogP contribution in [0.15, 0.2) is 0 Å². The Hall–Kier alpha value is -0.240. The first-order valence-corrected chi connectivity index (χ1v) is 7.19. The Bertz CT molecular complexity index is 221. The fourth-order valence-corrected chi connectivity index (χ4v) is 3.75. The quantitative estimate of drug-likeness (QED) is 0.524. The van der Waals surface area contributed by atoms with Crippen LogP contribution in [-0.4, -0.2) is 109 Å². The first-order valence-electron chi connectivity index (χ1n) is 7.19. The average Bonchev–Trinajstić information content (AvgIpc) is 2.40. The van der Waals surface area contributed by atoms with Gasteiger partial charge in [-0.15, -0.1) is 0 Å². The zero-order chi connectivity index (χ0) is 11.9. The summed E-state index contributed by atoms with van der Waals surface area (Å²) in [5.41, 5.74) is 0. The predicted molar refractivity (Wildman–Crippen MR) is 69.4 cm³/mol. The predicted octanol–water partition coefficient (Wildman–Crippen LogP) is -1.40. The minimum atomic E-state index is 1.19. The third kappa shape index (κ3) is 2.29. The van der Waals surface area contributed by atoms with Crippen LogP contribution in [0, 0.1) is 0 Å². The van der Waals surface area contributed by atoms with Crippen molar-refractivity contribution in [2.75, 3.05) is 79.3 Å². The van der Waals surface area contributed by atoms with Gasteiger partial charge in [0.25, 0.3) is 0 Å². The average molecular weight is 252 g/mol. The van der Waals surface area contributed by atoms with Gasteiger partial charge in [0.2, 0.25) is 0 Å². The number of fused-ring (bicyclic) bond motifs is 3. The van der Waals surface area contributed by atoms with Crippen LogP contribution in [0.5, 0.6) is 0 Å². The standard InChI is InChI=1S/C6H12N4.C6H12N2/c1-7-2-9-4-8(1)5-10(3-7)6-9;1-2-8-5-3-7(1)4-6-8/h1-6H2;1-6H2. The molecule has 0 aliphatic carbocycles. The van der Waals surface area contributed by atoms with Crippen molar-refractivity contribution in [1.82, 2.24) is 29.4 Å². The zero-order valence-corrected chi connectivity index (χ0v) is 11.2. The lowest BCUT2D eigenvalue weighted by atomic mass is 10.2. The SMILES string of the molecule is C1CN2CCN1CC2.C1N2CN3CN1CN(C2)C3. The molecule has 102 valence electrons. The summed E-state index contributed by atoms with van der Waals surface area (Å²) >= 11 is 0. The molecule has 7 aliphatic rings. The molecule has 0 aromatic rings. The monoisotopic (exact) mass is 252 g/mol. The largest absolute Gasteiger partial charge is 0.300 e. The molecule has 7 saturated heterocycles. The molecule has 0 saturated carbocycles. The summed E-state index contributed by atoms with van der Waals surface area (Å²) in [5, 5.41) is 0. The number of hydrogen-bond acceptors (Lipinski definition) is 6. The topological polar surface area (TPSA) is 19.4 Å². The van der Waals surface area contributed by atoms with Crippen LogP contribution in [-0.2, 0) is 0 Å². The van der Waals surface area contributed by atoms with Crippen molar-refractivity contribution in [1.29, 1.82) is 0 Å². The van der Waals surface area contributed by atoms with Crippen LogP contribution >= 0.6 is 0 Å². The molecule has 0 N–H and O–H groups in total. The summed E-state index contributed by atoms with van der Waals surface area (Å²) in [4.78, 5) is 15.0. The third-order valence-corrected chi connectivity index (χ3v) is 4.60. The molecule has 0 spiro atoms. The lowest BCUT2D eigenvalue weighted by Gasteiger charge is -2.56. The van der Waals surface area contributed by atoms with Crippen molar-refractivity contribution in [3.8, 4) is 0 Å². The molecular weight excluding hydrogens is 228 g/mol. The van der Waals surface area contributed by atoms with Crippen molar-refractivity contribution in [3.05, 3.63) is 0 Å². The molecule has 0 amide bonds. The second-order valence-corrected chi connectivity index (χ2v) is 6.22. The minimum absolute atomic E-state index is 1.19. The van der Waals surface area contributed by atoms with Crippen molar-refractivity contribution < 1.29 is 0 Å². The Morgan fingerprint density at radius 3 is 0.667 bits per heavy atom. The molecule has 0 aromatic heterocycles. The van der Waals surface area contributed by atoms with Crippen molar-refractivity contribution in [2.24, 2.45) is 0 Å². The molecule has 0 atom stereocenters. The lowest BCUT2D eigenvalue weighted by Crippen LogP contribution is -2.71. The van der Waals surface area contributed by atoms with E-state index in [0.29, 0.717) is 0 Å². The van der Waals surface area contributed by atoms with Gasteiger partial charge in [-0.2, -0.15) is 0 Å². The van der Waals surface area contributed by atoms with E-state index in [9.17, 15) is 0 Å². The highest BCUT2D eigenvalue weighted by atomic mass is 15.7. The Kier molecular flexibility index (Phi) is 3.02. The molecule has 7 heterocycles. The van der Waals surface area contributed by atoms with E-state index in [4.69, 9.17) is 0 Å². The highest BCUT2D eigenvalue weighted by Crippen LogP contribution is 2.20. The number of hydrogen-bond donors (Lipinski definition) is 0. The second-order valence-electron chi connectivity index (χ2n) is 6.22. The van der Waals surface area contributed by atoms with Gasteiger partial charge in [0.15, 0.2) is 0 Å². The van der Waals surface area contributed by atoms with Crippen LogP contribution in [0.2, 0.25) is 0 Å². The molecular formula is C12H24N6. The molecule has 0 radical (unpaired) electrons.